The van der Waals surface area contributed by atoms with E-state index in [4.69, 9.17) is 4.74 Å². The van der Waals surface area contributed by atoms with Gasteiger partial charge in [0.05, 0.1) is 17.8 Å². The van der Waals surface area contributed by atoms with Gasteiger partial charge in [-0.05, 0) is 33.1 Å². The zero-order chi connectivity index (χ0) is 10.1. The molecule has 1 aliphatic rings. The summed E-state index contributed by atoms with van der Waals surface area (Å²) in [5.41, 5.74) is -0.593. The van der Waals surface area contributed by atoms with E-state index in [0.29, 0.717) is 12.0 Å². The van der Waals surface area contributed by atoms with E-state index >= 15 is 0 Å². The van der Waals surface area contributed by atoms with Gasteiger partial charge in [0, 0.05) is 5.92 Å². The van der Waals surface area contributed by atoms with Crippen LogP contribution in [0.15, 0.2) is 0 Å². The maximum atomic E-state index is 9.95. The number of ether oxygens (including phenoxy) is 1. The van der Waals surface area contributed by atoms with Gasteiger partial charge in [0.1, 0.15) is 0 Å². The monoisotopic (exact) mass is 186 g/mol. The largest absolute Gasteiger partial charge is 0.390 e. The number of hydrogen-bond acceptors (Lipinski definition) is 2. The van der Waals surface area contributed by atoms with Crippen LogP contribution >= 0.6 is 0 Å². The summed E-state index contributed by atoms with van der Waals surface area (Å²) < 4.78 is 5.84. The maximum absolute atomic E-state index is 9.95. The van der Waals surface area contributed by atoms with Crippen molar-refractivity contribution >= 4 is 0 Å². The molecule has 1 aliphatic heterocycles. The predicted octanol–water partition coefficient (Wildman–Crippen LogP) is 2.35. The zero-order valence-corrected chi connectivity index (χ0v) is 9.21. The summed E-state index contributed by atoms with van der Waals surface area (Å²) in [7, 11) is 0. The lowest BCUT2D eigenvalue weighted by Crippen LogP contribution is -2.36. The second-order valence-corrected chi connectivity index (χ2v) is 4.61. The molecule has 0 aliphatic carbocycles. The van der Waals surface area contributed by atoms with Gasteiger partial charge in [-0.2, -0.15) is 0 Å². The normalized spacial score (nSPS) is 35.3. The highest BCUT2D eigenvalue weighted by molar-refractivity contribution is 4.90. The molecule has 1 saturated heterocycles. The van der Waals surface area contributed by atoms with Crippen molar-refractivity contribution in [1.82, 2.24) is 0 Å². The molecule has 0 aromatic carbocycles. The van der Waals surface area contributed by atoms with Crippen LogP contribution in [0.4, 0.5) is 0 Å². The minimum Gasteiger partial charge on any atom is -0.390 e. The van der Waals surface area contributed by atoms with Crippen molar-refractivity contribution in [3.05, 3.63) is 0 Å². The van der Waals surface area contributed by atoms with E-state index in [0.717, 1.165) is 19.3 Å². The summed E-state index contributed by atoms with van der Waals surface area (Å²) >= 11 is 0. The standard InChI is InChI=1S/C11H22O2/c1-5-8-7-9(11(3,4)12)10(6-2)13-8/h8-10,12H,5-7H2,1-4H3. The van der Waals surface area contributed by atoms with Gasteiger partial charge in [0.2, 0.25) is 0 Å². The predicted molar refractivity (Wildman–Crippen MR) is 53.6 cm³/mol. The Kier molecular flexibility index (Phi) is 3.36. The van der Waals surface area contributed by atoms with E-state index < -0.39 is 5.60 Å². The Hall–Kier alpha value is -0.0800. The van der Waals surface area contributed by atoms with Crippen molar-refractivity contribution in [3.8, 4) is 0 Å². The van der Waals surface area contributed by atoms with Crippen molar-refractivity contribution in [2.75, 3.05) is 0 Å². The highest BCUT2D eigenvalue weighted by atomic mass is 16.5. The van der Waals surface area contributed by atoms with E-state index in [1.165, 1.54) is 0 Å². The highest BCUT2D eigenvalue weighted by Crippen LogP contribution is 2.37. The average Bonchev–Trinajstić information content (AvgIpc) is 2.46. The topological polar surface area (TPSA) is 29.5 Å². The summed E-state index contributed by atoms with van der Waals surface area (Å²) in [4.78, 5) is 0. The molecule has 3 unspecified atom stereocenters. The average molecular weight is 186 g/mol. The Bertz CT molecular complexity index is 160. The van der Waals surface area contributed by atoms with Crippen LogP contribution in [0, 0.1) is 5.92 Å². The molecule has 0 aromatic rings. The fraction of sp³-hybridized carbons (Fsp3) is 1.00. The number of hydrogen-bond donors (Lipinski definition) is 1. The Morgan fingerprint density at radius 1 is 1.31 bits per heavy atom. The van der Waals surface area contributed by atoms with Gasteiger partial charge in [0.25, 0.3) is 0 Å². The van der Waals surface area contributed by atoms with E-state index in [-0.39, 0.29) is 6.10 Å². The molecular formula is C11H22O2. The van der Waals surface area contributed by atoms with E-state index in [1.54, 1.807) is 0 Å². The molecular weight excluding hydrogens is 164 g/mol. The third kappa shape index (κ3) is 2.44. The number of aliphatic hydroxyl groups is 1. The van der Waals surface area contributed by atoms with Crippen molar-refractivity contribution in [3.63, 3.8) is 0 Å². The minimum atomic E-state index is -0.593. The SMILES string of the molecule is CCC1CC(C(C)(C)O)C(CC)O1. The lowest BCUT2D eigenvalue weighted by molar-refractivity contribution is -0.0331. The molecule has 0 radical (unpaired) electrons. The lowest BCUT2D eigenvalue weighted by Gasteiger charge is -2.28. The van der Waals surface area contributed by atoms with Crippen LogP contribution in [0.2, 0.25) is 0 Å². The quantitative estimate of drug-likeness (QED) is 0.733. The van der Waals surface area contributed by atoms with Crippen LogP contribution in [0.1, 0.15) is 47.0 Å². The summed E-state index contributed by atoms with van der Waals surface area (Å²) in [5.74, 6) is 0.308. The van der Waals surface area contributed by atoms with Gasteiger partial charge in [-0.15, -0.1) is 0 Å². The molecule has 2 heteroatoms. The highest BCUT2D eigenvalue weighted by Gasteiger charge is 2.41. The van der Waals surface area contributed by atoms with Crippen LogP contribution in [0.3, 0.4) is 0 Å². The van der Waals surface area contributed by atoms with E-state index in [1.807, 2.05) is 13.8 Å². The third-order valence-corrected chi connectivity index (χ3v) is 3.10. The van der Waals surface area contributed by atoms with Crippen LogP contribution in [0.5, 0.6) is 0 Å². The van der Waals surface area contributed by atoms with Crippen LogP contribution < -0.4 is 0 Å². The van der Waals surface area contributed by atoms with Crippen LogP contribution in [-0.4, -0.2) is 22.9 Å². The van der Waals surface area contributed by atoms with Crippen molar-refractivity contribution in [2.45, 2.75) is 64.8 Å². The maximum Gasteiger partial charge on any atom is 0.0645 e. The van der Waals surface area contributed by atoms with Crippen LogP contribution in [0.25, 0.3) is 0 Å². The Morgan fingerprint density at radius 2 is 1.92 bits per heavy atom. The first-order chi connectivity index (χ1) is 5.99. The van der Waals surface area contributed by atoms with Crippen molar-refractivity contribution in [2.24, 2.45) is 5.92 Å². The fourth-order valence-corrected chi connectivity index (χ4v) is 2.22. The second-order valence-electron chi connectivity index (χ2n) is 4.61. The summed E-state index contributed by atoms with van der Waals surface area (Å²) in [6.45, 7) is 8.05. The molecule has 1 fully saturated rings. The Morgan fingerprint density at radius 3 is 2.23 bits per heavy atom. The molecule has 1 N–H and O–H groups in total. The first kappa shape index (κ1) is 11.0. The fourth-order valence-electron chi connectivity index (χ4n) is 2.22. The second kappa shape index (κ2) is 3.97. The van der Waals surface area contributed by atoms with Gasteiger partial charge in [0.15, 0.2) is 0 Å². The Balaban J connectivity index is 2.63. The van der Waals surface area contributed by atoms with Gasteiger partial charge in [-0.25, -0.2) is 0 Å². The first-order valence-corrected chi connectivity index (χ1v) is 5.36. The van der Waals surface area contributed by atoms with Gasteiger partial charge in [-0.1, -0.05) is 13.8 Å². The molecule has 2 nitrogen and oxygen atoms in total. The summed E-state index contributed by atoms with van der Waals surface area (Å²) in [6.07, 6.45) is 3.69. The molecule has 0 amide bonds. The molecule has 3 atom stereocenters. The molecule has 0 aromatic heterocycles. The third-order valence-electron chi connectivity index (χ3n) is 3.10. The van der Waals surface area contributed by atoms with Gasteiger partial charge >= 0.3 is 0 Å². The zero-order valence-electron chi connectivity index (χ0n) is 9.21. The molecule has 1 heterocycles. The molecule has 1 rings (SSSR count). The summed E-state index contributed by atoms with van der Waals surface area (Å²) in [6, 6.07) is 0. The summed E-state index contributed by atoms with van der Waals surface area (Å²) in [5, 5.41) is 9.95. The van der Waals surface area contributed by atoms with Gasteiger partial charge < -0.3 is 9.84 Å². The molecule has 13 heavy (non-hydrogen) atoms. The minimum absolute atomic E-state index is 0.255. The number of rotatable bonds is 3. The smallest absolute Gasteiger partial charge is 0.0645 e. The molecule has 0 spiro atoms. The van der Waals surface area contributed by atoms with Crippen molar-refractivity contribution in [1.29, 1.82) is 0 Å². The van der Waals surface area contributed by atoms with Crippen molar-refractivity contribution < 1.29 is 9.84 Å². The lowest BCUT2D eigenvalue weighted by atomic mass is 9.83. The first-order valence-electron chi connectivity index (χ1n) is 5.36. The molecule has 0 saturated carbocycles. The Labute approximate surface area is 81.3 Å². The van der Waals surface area contributed by atoms with E-state index in [2.05, 4.69) is 13.8 Å². The van der Waals surface area contributed by atoms with E-state index in [9.17, 15) is 5.11 Å². The molecule has 0 bridgehead atoms. The molecule has 78 valence electrons. The van der Waals surface area contributed by atoms with Crippen LogP contribution in [-0.2, 0) is 4.74 Å². The van der Waals surface area contributed by atoms with Gasteiger partial charge in [-0.3, -0.25) is 0 Å².